The summed E-state index contributed by atoms with van der Waals surface area (Å²) in [4.78, 5) is 4.47. The highest BCUT2D eigenvalue weighted by atomic mass is 16.5. The first-order valence-corrected chi connectivity index (χ1v) is 7.75. The maximum absolute atomic E-state index is 5.97. The summed E-state index contributed by atoms with van der Waals surface area (Å²) in [6.07, 6.45) is 2.02. The van der Waals surface area contributed by atoms with Crippen molar-refractivity contribution in [3.8, 4) is 5.75 Å². The summed E-state index contributed by atoms with van der Waals surface area (Å²) in [5.74, 6) is 3.76. The molecule has 1 aromatic heterocycles. The van der Waals surface area contributed by atoms with Crippen molar-refractivity contribution in [2.24, 2.45) is 16.6 Å². The Morgan fingerprint density at radius 2 is 2.17 bits per heavy atom. The number of anilines is 1. The van der Waals surface area contributed by atoms with Crippen LogP contribution in [-0.2, 0) is 13.0 Å². The molecular formula is C16H22N6O. The van der Waals surface area contributed by atoms with Crippen LogP contribution < -0.4 is 15.8 Å². The Kier molecular flexibility index (Phi) is 4.45. The Morgan fingerprint density at radius 1 is 1.39 bits per heavy atom. The number of aryl methyl sites for hydroxylation is 2. The predicted octanol–water partition coefficient (Wildman–Crippen LogP) is 1.58. The Hall–Kier alpha value is -2.57. The van der Waals surface area contributed by atoms with Crippen molar-refractivity contribution in [3.63, 3.8) is 0 Å². The molecule has 0 bridgehead atoms. The van der Waals surface area contributed by atoms with E-state index in [1.807, 2.05) is 31.2 Å². The first-order valence-electron chi connectivity index (χ1n) is 7.75. The van der Waals surface area contributed by atoms with Gasteiger partial charge in [0.2, 0.25) is 0 Å². The van der Waals surface area contributed by atoms with Crippen molar-refractivity contribution in [1.82, 2.24) is 14.8 Å². The second-order valence-corrected chi connectivity index (χ2v) is 5.76. The largest absolute Gasteiger partial charge is 0.497 e. The average molecular weight is 314 g/mol. The molecule has 23 heavy (non-hydrogen) atoms. The smallest absolute Gasteiger partial charge is 0.193 e. The van der Waals surface area contributed by atoms with E-state index in [1.54, 1.807) is 7.11 Å². The first kappa shape index (κ1) is 15.3. The van der Waals surface area contributed by atoms with E-state index in [9.17, 15) is 0 Å². The number of methoxy groups -OCH3 is 1. The van der Waals surface area contributed by atoms with E-state index in [0.29, 0.717) is 18.4 Å². The van der Waals surface area contributed by atoms with Gasteiger partial charge in [-0.25, -0.2) is 0 Å². The predicted molar refractivity (Wildman–Crippen MR) is 89.7 cm³/mol. The number of fused-ring (bicyclic) bond motifs is 1. The number of hydrogen-bond acceptors (Lipinski definition) is 4. The molecule has 0 radical (unpaired) electrons. The maximum Gasteiger partial charge on any atom is 0.193 e. The molecule has 1 aromatic carbocycles. The lowest BCUT2D eigenvalue weighted by Crippen LogP contribution is -2.27. The van der Waals surface area contributed by atoms with Crippen LogP contribution in [0.4, 0.5) is 5.69 Å². The lowest BCUT2D eigenvalue weighted by atomic mass is 9.99. The molecule has 1 unspecified atom stereocenters. The molecule has 3 N–H and O–H groups in total. The van der Waals surface area contributed by atoms with Crippen molar-refractivity contribution < 1.29 is 4.74 Å². The van der Waals surface area contributed by atoms with Crippen LogP contribution >= 0.6 is 0 Å². The monoisotopic (exact) mass is 314 g/mol. The molecule has 7 nitrogen and oxygen atoms in total. The second kappa shape index (κ2) is 6.68. The third-order valence-corrected chi connectivity index (χ3v) is 4.11. The minimum Gasteiger partial charge on any atom is -0.497 e. The van der Waals surface area contributed by atoms with Crippen LogP contribution in [0.2, 0.25) is 0 Å². The Bertz CT molecular complexity index is 691. The highest BCUT2D eigenvalue weighted by Crippen LogP contribution is 2.20. The topological polar surface area (TPSA) is 90.3 Å². The van der Waals surface area contributed by atoms with Crippen molar-refractivity contribution in [3.05, 3.63) is 35.9 Å². The summed E-state index contributed by atoms with van der Waals surface area (Å²) in [5, 5.41) is 11.4. The summed E-state index contributed by atoms with van der Waals surface area (Å²) >= 11 is 0. The minimum atomic E-state index is 0.432. The van der Waals surface area contributed by atoms with Crippen LogP contribution in [-0.4, -0.2) is 34.4 Å². The maximum atomic E-state index is 5.97. The van der Waals surface area contributed by atoms with E-state index in [-0.39, 0.29) is 0 Å². The van der Waals surface area contributed by atoms with Gasteiger partial charge in [-0.2, -0.15) is 0 Å². The van der Waals surface area contributed by atoms with E-state index < -0.39 is 0 Å². The summed E-state index contributed by atoms with van der Waals surface area (Å²) in [6, 6.07) is 7.59. The van der Waals surface area contributed by atoms with E-state index in [2.05, 4.69) is 25.1 Å². The second-order valence-electron chi connectivity index (χ2n) is 5.76. The molecule has 1 atom stereocenters. The highest BCUT2D eigenvalue weighted by Gasteiger charge is 2.21. The fourth-order valence-corrected chi connectivity index (χ4v) is 2.77. The van der Waals surface area contributed by atoms with Crippen LogP contribution in [0, 0.1) is 12.8 Å². The molecule has 0 saturated heterocycles. The number of rotatable bonds is 4. The fraction of sp³-hybridized carbons (Fsp3) is 0.438. The molecule has 0 aliphatic carbocycles. The van der Waals surface area contributed by atoms with Gasteiger partial charge in [0, 0.05) is 25.2 Å². The van der Waals surface area contributed by atoms with E-state index in [1.165, 1.54) is 0 Å². The van der Waals surface area contributed by atoms with Gasteiger partial charge in [-0.15, -0.1) is 10.2 Å². The van der Waals surface area contributed by atoms with Gasteiger partial charge in [0.25, 0.3) is 0 Å². The van der Waals surface area contributed by atoms with Gasteiger partial charge in [-0.3, -0.25) is 4.99 Å². The highest BCUT2D eigenvalue weighted by molar-refractivity contribution is 5.92. The molecule has 2 heterocycles. The quantitative estimate of drug-likeness (QED) is 0.660. The van der Waals surface area contributed by atoms with Crippen molar-refractivity contribution in [2.45, 2.75) is 26.3 Å². The Labute approximate surface area is 135 Å². The van der Waals surface area contributed by atoms with Crippen molar-refractivity contribution >= 4 is 11.6 Å². The summed E-state index contributed by atoms with van der Waals surface area (Å²) in [5.41, 5.74) is 6.87. The number of aromatic nitrogens is 3. The van der Waals surface area contributed by atoms with Gasteiger partial charge in [-0.05, 0) is 43.5 Å². The first-order chi connectivity index (χ1) is 11.2. The summed E-state index contributed by atoms with van der Waals surface area (Å²) < 4.78 is 7.31. The molecule has 122 valence electrons. The number of hydrogen-bond donors (Lipinski definition) is 2. The molecule has 0 fully saturated rings. The van der Waals surface area contributed by atoms with Gasteiger partial charge in [0.15, 0.2) is 5.96 Å². The molecule has 3 rings (SSSR count). The molecule has 0 spiro atoms. The zero-order chi connectivity index (χ0) is 16.2. The lowest BCUT2D eigenvalue weighted by molar-refractivity contribution is 0.370. The molecule has 2 aromatic rings. The Balaban J connectivity index is 1.56. The van der Waals surface area contributed by atoms with Crippen molar-refractivity contribution in [1.29, 1.82) is 0 Å². The van der Waals surface area contributed by atoms with E-state index in [4.69, 9.17) is 10.5 Å². The van der Waals surface area contributed by atoms with Gasteiger partial charge in [0.1, 0.15) is 17.4 Å². The fourth-order valence-electron chi connectivity index (χ4n) is 2.77. The van der Waals surface area contributed by atoms with E-state index in [0.717, 1.165) is 42.5 Å². The van der Waals surface area contributed by atoms with Crippen LogP contribution in [0.1, 0.15) is 18.1 Å². The Morgan fingerprint density at radius 3 is 2.91 bits per heavy atom. The summed E-state index contributed by atoms with van der Waals surface area (Å²) in [6.45, 7) is 3.60. The number of ether oxygens (including phenoxy) is 1. The van der Waals surface area contributed by atoms with Gasteiger partial charge >= 0.3 is 0 Å². The molecule has 1 aliphatic rings. The summed E-state index contributed by atoms with van der Waals surface area (Å²) in [7, 11) is 1.64. The number of benzene rings is 1. The number of nitrogens with one attached hydrogen (secondary N) is 1. The molecule has 1 aliphatic heterocycles. The number of aliphatic imine (C=N–C) groups is 1. The van der Waals surface area contributed by atoms with Gasteiger partial charge in [0.05, 0.1) is 7.11 Å². The van der Waals surface area contributed by atoms with Crippen LogP contribution in [0.3, 0.4) is 0 Å². The lowest BCUT2D eigenvalue weighted by Gasteiger charge is -2.22. The minimum absolute atomic E-state index is 0.432. The van der Waals surface area contributed by atoms with E-state index >= 15 is 0 Å². The number of guanidine groups is 1. The molecule has 0 amide bonds. The third-order valence-electron chi connectivity index (χ3n) is 4.11. The molecular weight excluding hydrogens is 292 g/mol. The van der Waals surface area contributed by atoms with Crippen LogP contribution in [0.5, 0.6) is 5.75 Å². The zero-order valence-electron chi connectivity index (χ0n) is 13.5. The number of nitrogens with zero attached hydrogens (tertiary/aromatic N) is 4. The van der Waals surface area contributed by atoms with Crippen molar-refractivity contribution in [2.75, 3.05) is 19.0 Å². The van der Waals surface area contributed by atoms with Crippen LogP contribution in [0.25, 0.3) is 0 Å². The van der Waals surface area contributed by atoms with Crippen LogP contribution in [0.15, 0.2) is 29.3 Å². The third kappa shape index (κ3) is 3.61. The van der Waals surface area contributed by atoms with Gasteiger partial charge in [-0.1, -0.05) is 0 Å². The normalized spacial score (nSPS) is 17.7. The molecule has 7 heteroatoms. The molecule has 0 saturated carbocycles. The SMILES string of the molecule is COc1ccc(NC(N)=NCC2CCc3nnc(C)n3C2)cc1. The average Bonchev–Trinajstić information content (AvgIpc) is 2.94. The standard InChI is InChI=1S/C16H22N6O/c1-11-20-21-15-8-3-12(10-22(11)15)9-18-16(17)19-13-4-6-14(23-2)7-5-13/h4-7,12H,3,8-10H2,1-2H3,(H3,17,18,19). The van der Waals surface area contributed by atoms with Gasteiger partial charge < -0.3 is 20.4 Å². The number of nitrogens with two attached hydrogens (primary N) is 1. The zero-order valence-corrected chi connectivity index (χ0v) is 13.5.